The number of hydrogen-bond acceptors (Lipinski definition) is 3. The molecule has 3 aromatic rings. The number of nitrogens with one attached hydrogen (secondary N) is 2. The molecule has 0 spiro atoms. The van der Waals surface area contributed by atoms with Crippen molar-refractivity contribution in [1.29, 1.82) is 0 Å². The van der Waals surface area contributed by atoms with E-state index in [1.165, 1.54) is 0 Å². The zero-order chi connectivity index (χ0) is 11.1. The first-order valence-corrected chi connectivity index (χ1v) is 5.68. The second-order valence-electron chi connectivity index (χ2n) is 3.49. The van der Waals surface area contributed by atoms with Gasteiger partial charge in [-0.2, -0.15) is 0 Å². The van der Waals surface area contributed by atoms with Gasteiger partial charge >= 0.3 is 0 Å². The van der Waals surface area contributed by atoms with Gasteiger partial charge in [-0.3, -0.25) is 0 Å². The van der Waals surface area contributed by atoms with Crippen LogP contribution in [-0.4, -0.2) is 22.0 Å². The van der Waals surface area contributed by atoms with Gasteiger partial charge in [0.1, 0.15) is 11.5 Å². The van der Waals surface area contributed by atoms with E-state index in [1.807, 2.05) is 25.5 Å². The Bertz CT molecular complexity index is 674. The van der Waals surface area contributed by atoms with E-state index < -0.39 is 0 Å². The molecule has 5 heteroatoms. The summed E-state index contributed by atoms with van der Waals surface area (Å²) < 4.78 is 0.980. The molecule has 0 aromatic carbocycles. The maximum absolute atomic E-state index is 4.36. The molecule has 0 amide bonds. The van der Waals surface area contributed by atoms with Crippen LogP contribution in [0.25, 0.3) is 21.8 Å². The molecule has 3 aromatic heterocycles. The largest absolute Gasteiger partial charge is 0.373 e. The molecule has 0 atom stereocenters. The molecule has 0 fully saturated rings. The van der Waals surface area contributed by atoms with Gasteiger partial charge in [-0.25, -0.2) is 9.97 Å². The standard InChI is InChI=1S/C11H9BrN4/c1-13-10-7-4-15-11-6(2-3-14-11)9(7)8(12)5-16-10/h2-5H,1H3,(H,13,16)(H,14,15). The van der Waals surface area contributed by atoms with E-state index in [9.17, 15) is 0 Å². The number of hydrogen-bond donors (Lipinski definition) is 2. The van der Waals surface area contributed by atoms with Crippen LogP contribution >= 0.6 is 15.9 Å². The lowest BCUT2D eigenvalue weighted by Gasteiger charge is -2.06. The van der Waals surface area contributed by atoms with Crippen molar-refractivity contribution < 1.29 is 0 Å². The Morgan fingerprint density at radius 2 is 2.12 bits per heavy atom. The second kappa shape index (κ2) is 3.45. The lowest BCUT2D eigenvalue weighted by molar-refractivity contribution is 1.29. The van der Waals surface area contributed by atoms with E-state index in [0.29, 0.717) is 0 Å². The monoisotopic (exact) mass is 276 g/mol. The fraction of sp³-hybridized carbons (Fsp3) is 0.0909. The third-order valence-corrected chi connectivity index (χ3v) is 3.23. The van der Waals surface area contributed by atoms with Gasteiger partial charge in [0.2, 0.25) is 0 Å². The third kappa shape index (κ3) is 1.21. The highest BCUT2D eigenvalue weighted by atomic mass is 79.9. The van der Waals surface area contributed by atoms with Crippen molar-refractivity contribution >= 4 is 43.6 Å². The Kier molecular flexibility index (Phi) is 2.07. The van der Waals surface area contributed by atoms with Crippen LogP contribution in [0.4, 0.5) is 5.82 Å². The van der Waals surface area contributed by atoms with Crippen molar-refractivity contribution in [1.82, 2.24) is 15.0 Å². The van der Waals surface area contributed by atoms with Gasteiger partial charge in [-0.05, 0) is 22.0 Å². The van der Waals surface area contributed by atoms with Crippen molar-refractivity contribution in [2.45, 2.75) is 0 Å². The van der Waals surface area contributed by atoms with Crippen molar-refractivity contribution in [3.63, 3.8) is 0 Å². The van der Waals surface area contributed by atoms with Gasteiger partial charge in [-0.15, -0.1) is 0 Å². The van der Waals surface area contributed by atoms with Gasteiger partial charge in [-0.1, -0.05) is 0 Å². The topological polar surface area (TPSA) is 53.6 Å². The zero-order valence-corrected chi connectivity index (χ0v) is 10.2. The van der Waals surface area contributed by atoms with Crippen molar-refractivity contribution in [3.8, 4) is 0 Å². The van der Waals surface area contributed by atoms with E-state index in [0.717, 1.165) is 32.1 Å². The molecule has 80 valence electrons. The number of nitrogens with zero attached hydrogens (tertiary/aromatic N) is 2. The van der Waals surface area contributed by atoms with Gasteiger partial charge < -0.3 is 10.3 Å². The number of fused-ring (bicyclic) bond motifs is 3. The molecule has 0 aliphatic rings. The van der Waals surface area contributed by atoms with E-state index in [1.54, 1.807) is 6.20 Å². The number of H-pyrrole nitrogens is 1. The molecule has 3 rings (SSSR count). The predicted octanol–water partition coefficient (Wildman–Crippen LogP) is 2.92. The summed E-state index contributed by atoms with van der Waals surface area (Å²) in [5.41, 5.74) is 0.890. The molecule has 0 aliphatic heterocycles. The normalized spacial score (nSPS) is 11.1. The lowest BCUT2D eigenvalue weighted by atomic mass is 10.1. The quantitative estimate of drug-likeness (QED) is 0.719. The van der Waals surface area contributed by atoms with E-state index in [-0.39, 0.29) is 0 Å². The fourth-order valence-corrected chi connectivity index (χ4v) is 2.43. The molecule has 0 radical (unpaired) electrons. The predicted molar refractivity (Wildman–Crippen MR) is 68.6 cm³/mol. The highest BCUT2D eigenvalue weighted by Crippen LogP contribution is 2.32. The van der Waals surface area contributed by atoms with Crippen LogP contribution in [0, 0.1) is 0 Å². The van der Waals surface area contributed by atoms with Gasteiger partial charge in [0.25, 0.3) is 0 Å². The minimum Gasteiger partial charge on any atom is -0.373 e. The van der Waals surface area contributed by atoms with E-state index in [4.69, 9.17) is 0 Å². The number of halogens is 1. The van der Waals surface area contributed by atoms with Crippen molar-refractivity contribution in [2.75, 3.05) is 12.4 Å². The first kappa shape index (κ1) is 9.59. The van der Waals surface area contributed by atoms with Crippen LogP contribution in [0.1, 0.15) is 0 Å². The molecule has 3 heterocycles. The minimum atomic E-state index is 0.841. The molecule has 0 unspecified atom stereocenters. The summed E-state index contributed by atoms with van der Waals surface area (Å²) in [6.45, 7) is 0. The van der Waals surface area contributed by atoms with Crippen LogP contribution in [0.2, 0.25) is 0 Å². The first-order chi connectivity index (χ1) is 7.81. The highest BCUT2D eigenvalue weighted by Gasteiger charge is 2.09. The Morgan fingerprint density at radius 1 is 1.25 bits per heavy atom. The third-order valence-electron chi connectivity index (χ3n) is 2.62. The van der Waals surface area contributed by atoms with Gasteiger partial charge in [0, 0.05) is 46.3 Å². The summed E-state index contributed by atoms with van der Waals surface area (Å²) >= 11 is 3.53. The number of pyridine rings is 2. The molecule has 4 nitrogen and oxygen atoms in total. The Labute approximate surface area is 100 Å². The van der Waals surface area contributed by atoms with Crippen LogP contribution < -0.4 is 5.32 Å². The van der Waals surface area contributed by atoms with Gasteiger partial charge in [0.05, 0.1) is 0 Å². The van der Waals surface area contributed by atoms with Crippen LogP contribution in [0.5, 0.6) is 0 Å². The summed E-state index contributed by atoms with van der Waals surface area (Å²) in [6, 6.07) is 2.02. The summed E-state index contributed by atoms with van der Waals surface area (Å²) in [7, 11) is 1.86. The summed E-state index contributed by atoms with van der Waals surface area (Å²) in [5.74, 6) is 0.841. The maximum Gasteiger partial charge on any atom is 0.137 e. The SMILES string of the molecule is CNc1ncc(Br)c2c1cnc1[nH]ccc12. The van der Waals surface area contributed by atoms with E-state index in [2.05, 4.69) is 36.2 Å². The minimum absolute atomic E-state index is 0.841. The van der Waals surface area contributed by atoms with Crippen molar-refractivity contribution in [3.05, 3.63) is 29.1 Å². The molecular weight excluding hydrogens is 268 g/mol. The first-order valence-electron chi connectivity index (χ1n) is 4.89. The lowest BCUT2D eigenvalue weighted by Crippen LogP contribution is -1.94. The average molecular weight is 277 g/mol. The van der Waals surface area contributed by atoms with Crippen LogP contribution in [0.3, 0.4) is 0 Å². The molecular formula is C11H9BrN4. The molecule has 0 bridgehead atoms. The van der Waals surface area contributed by atoms with E-state index >= 15 is 0 Å². The number of anilines is 1. The van der Waals surface area contributed by atoms with Crippen LogP contribution in [-0.2, 0) is 0 Å². The summed E-state index contributed by atoms with van der Waals surface area (Å²) in [4.78, 5) is 11.8. The molecule has 0 saturated heterocycles. The Balaban J connectivity index is 2.58. The Morgan fingerprint density at radius 3 is 2.94 bits per heavy atom. The van der Waals surface area contributed by atoms with Gasteiger partial charge in [0.15, 0.2) is 0 Å². The average Bonchev–Trinajstić information content (AvgIpc) is 2.77. The maximum atomic E-state index is 4.36. The second-order valence-corrected chi connectivity index (χ2v) is 4.35. The number of aromatic amines is 1. The fourth-order valence-electron chi connectivity index (χ4n) is 1.90. The summed E-state index contributed by atoms with van der Waals surface area (Å²) in [5, 5.41) is 6.32. The smallest absolute Gasteiger partial charge is 0.137 e. The number of rotatable bonds is 1. The summed E-state index contributed by atoms with van der Waals surface area (Å²) in [6.07, 6.45) is 5.53. The zero-order valence-electron chi connectivity index (χ0n) is 8.58. The molecule has 2 N–H and O–H groups in total. The molecule has 0 saturated carbocycles. The molecule has 16 heavy (non-hydrogen) atoms. The molecule has 0 aliphatic carbocycles. The Hall–Kier alpha value is -1.62. The van der Waals surface area contributed by atoms with Crippen molar-refractivity contribution in [2.24, 2.45) is 0 Å². The number of aromatic nitrogens is 3. The highest BCUT2D eigenvalue weighted by molar-refractivity contribution is 9.10. The van der Waals surface area contributed by atoms with Crippen LogP contribution in [0.15, 0.2) is 29.1 Å².